The van der Waals surface area contributed by atoms with E-state index < -0.39 is 0 Å². The van der Waals surface area contributed by atoms with E-state index in [4.69, 9.17) is 7.85 Å². The van der Waals surface area contributed by atoms with Crippen LogP contribution in [0, 0.1) is 6.92 Å². The summed E-state index contributed by atoms with van der Waals surface area (Å²) < 4.78 is 0. The smallest absolute Gasteiger partial charge is 0.113 e. The molecule has 0 bridgehead atoms. The molecule has 1 aromatic carbocycles. The third-order valence-corrected chi connectivity index (χ3v) is 2.83. The zero-order valence-corrected chi connectivity index (χ0v) is 9.70. The summed E-state index contributed by atoms with van der Waals surface area (Å²) in [4.78, 5) is 4.20. The minimum Gasteiger partial charge on any atom is -0.264 e. The largest absolute Gasteiger partial charge is 0.264 e. The van der Waals surface area contributed by atoms with Gasteiger partial charge in [0.25, 0.3) is 0 Å². The molecule has 0 saturated heterocycles. The lowest BCUT2D eigenvalue weighted by molar-refractivity contribution is 1.12. The normalized spacial score (nSPS) is 10.4. The fraction of sp³-hybridized carbons (Fsp3) is 0.214. The minimum atomic E-state index is 0.809. The molecule has 0 saturated carbocycles. The highest BCUT2D eigenvalue weighted by atomic mass is 14.6. The Morgan fingerprint density at radius 2 is 2.00 bits per heavy atom. The van der Waals surface area contributed by atoms with Crippen LogP contribution in [-0.2, 0) is 6.42 Å². The number of pyridine rings is 1. The van der Waals surface area contributed by atoms with Gasteiger partial charge in [0.1, 0.15) is 7.85 Å². The second-order valence-corrected chi connectivity index (χ2v) is 3.96. The Balaban J connectivity index is 2.58. The molecule has 0 aliphatic carbocycles. The third-order valence-electron chi connectivity index (χ3n) is 2.83. The molecule has 0 fully saturated rings. The van der Waals surface area contributed by atoms with Crippen LogP contribution < -0.4 is 5.46 Å². The number of aromatic nitrogens is 1. The molecule has 0 spiro atoms. The summed E-state index contributed by atoms with van der Waals surface area (Å²) in [6, 6.07) is 8.09. The van der Waals surface area contributed by atoms with Gasteiger partial charge in [0.05, 0.1) is 0 Å². The van der Waals surface area contributed by atoms with Crippen molar-refractivity contribution in [1.29, 1.82) is 0 Å². The van der Waals surface area contributed by atoms with Crippen molar-refractivity contribution in [2.24, 2.45) is 0 Å². The number of rotatable bonds is 2. The van der Waals surface area contributed by atoms with Crippen LogP contribution in [0.5, 0.6) is 0 Å². The van der Waals surface area contributed by atoms with Gasteiger partial charge in [-0.2, -0.15) is 0 Å². The topological polar surface area (TPSA) is 12.9 Å². The molecule has 2 radical (unpaired) electrons. The zero-order chi connectivity index (χ0) is 11.5. The standard InChI is InChI=1S/C14H14BN/c1-3-11-6-7-16-9-14(11)13-5-4-12(15)8-10(13)2/h4-9H,3H2,1-2H3. The van der Waals surface area contributed by atoms with Gasteiger partial charge in [-0.1, -0.05) is 30.6 Å². The lowest BCUT2D eigenvalue weighted by atomic mass is 9.89. The monoisotopic (exact) mass is 207 g/mol. The van der Waals surface area contributed by atoms with E-state index in [1.807, 2.05) is 24.5 Å². The van der Waals surface area contributed by atoms with E-state index >= 15 is 0 Å². The van der Waals surface area contributed by atoms with Crippen molar-refractivity contribution < 1.29 is 0 Å². The Hall–Kier alpha value is -1.57. The van der Waals surface area contributed by atoms with Crippen LogP contribution in [0.2, 0.25) is 0 Å². The summed E-state index contributed by atoms with van der Waals surface area (Å²) >= 11 is 0. The van der Waals surface area contributed by atoms with Crippen LogP contribution in [0.3, 0.4) is 0 Å². The second kappa shape index (κ2) is 4.52. The van der Waals surface area contributed by atoms with Crippen LogP contribution in [0.4, 0.5) is 0 Å². The van der Waals surface area contributed by atoms with E-state index in [0.29, 0.717) is 0 Å². The highest BCUT2D eigenvalue weighted by Gasteiger charge is 2.06. The van der Waals surface area contributed by atoms with Crippen molar-refractivity contribution in [2.45, 2.75) is 20.3 Å². The van der Waals surface area contributed by atoms with Crippen molar-refractivity contribution in [3.8, 4) is 11.1 Å². The molecule has 0 atom stereocenters. The molecule has 1 heterocycles. The SMILES string of the molecule is [B]c1ccc(-c2cnccc2CC)c(C)c1. The molecular weight excluding hydrogens is 193 g/mol. The molecule has 78 valence electrons. The first-order valence-corrected chi connectivity index (χ1v) is 5.51. The fourth-order valence-corrected chi connectivity index (χ4v) is 1.96. The predicted molar refractivity (Wildman–Crippen MR) is 69.2 cm³/mol. The number of aryl methyl sites for hydroxylation is 2. The molecule has 0 aliphatic heterocycles. The van der Waals surface area contributed by atoms with E-state index in [-0.39, 0.29) is 0 Å². The van der Waals surface area contributed by atoms with Crippen LogP contribution in [-0.4, -0.2) is 12.8 Å². The summed E-state index contributed by atoms with van der Waals surface area (Å²) in [7, 11) is 5.76. The molecule has 16 heavy (non-hydrogen) atoms. The quantitative estimate of drug-likeness (QED) is 0.689. The first kappa shape index (κ1) is 10.9. The number of hydrogen-bond acceptors (Lipinski definition) is 1. The van der Waals surface area contributed by atoms with Gasteiger partial charge in [-0.3, -0.25) is 4.98 Å². The van der Waals surface area contributed by atoms with Crippen LogP contribution in [0.15, 0.2) is 36.7 Å². The van der Waals surface area contributed by atoms with Gasteiger partial charge in [-0.05, 0) is 36.1 Å². The van der Waals surface area contributed by atoms with E-state index in [9.17, 15) is 0 Å². The summed E-state index contributed by atoms with van der Waals surface area (Å²) in [6.45, 7) is 4.24. The summed E-state index contributed by atoms with van der Waals surface area (Å²) in [5, 5.41) is 0. The predicted octanol–water partition coefficient (Wildman–Crippen LogP) is 2.41. The van der Waals surface area contributed by atoms with Gasteiger partial charge in [-0.25, -0.2) is 0 Å². The van der Waals surface area contributed by atoms with Crippen LogP contribution in [0.1, 0.15) is 18.1 Å². The van der Waals surface area contributed by atoms with E-state index in [2.05, 4.69) is 31.0 Å². The first-order chi connectivity index (χ1) is 7.72. The lowest BCUT2D eigenvalue weighted by Crippen LogP contribution is -2.03. The lowest BCUT2D eigenvalue weighted by Gasteiger charge is -2.10. The molecule has 1 nitrogen and oxygen atoms in total. The van der Waals surface area contributed by atoms with Gasteiger partial charge in [0.2, 0.25) is 0 Å². The summed E-state index contributed by atoms with van der Waals surface area (Å²) in [5.41, 5.74) is 5.76. The minimum absolute atomic E-state index is 0.809. The fourth-order valence-electron chi connectivity index (χ4n) is 1.96. The Morgan fingerprint density at radius 1 is 1.19 bits per heavy atom. The molecular formula is C14H14BN. The van der Waals surface area contributed by atoms with Crippen molar-refractivity contribution in [3.05, 3.63) is 47.8 Å². The van der Waals surface area contributed by atoms with Gasteiger partial charge in [0.15, 0.2) is 0 Å². The summed E-state index contributed by atoms with van der Waals surface area (Å²) in [6.07, 6.45) is 4.79. The highest BCUT2D eigenvalue weighted by molar-refractivity contribution is 6.32. The molecule has 1 aromatic heterocycles. The molecule has 2 heteroatoms. The van der Waals surface area contributed by atoms with E-state index in [0.717, 1.165) is 11.9 Å². The third kappa shape index (κ3) is 2.01. The van der Waals surface area contributed by atoms with Crippen LogP contribution >= 0.6 is 0 Å². The van der Waals surface area contributed by atoms with Gasteiger partial charge in [-0.15, -0.1) is 0 Å². The van der Waals surface area contributed by atoms with Gasteiger partial charge >= 0.3 is 0 Å². The van der Waals surface area contributed by atoms with E-state index in [1.54, 1.807) is 0 Å². The molecule has 0 aliphatic rings. The van der Waals surface area contributed by atoms with Crippen molar-refractivity contribution in [3.63, 3.8) is 0 Å². The van der Waals surface area contributed by atoms with Gasteiger partial charge < -0.3 is 0 Å². The average molecular weight is 207 g/mol. The van der Waals surface area contributed by atoms with Crippen molar-refractivity contribution in [2.75, 3.05) is 0 Å². The number of nitrogens with zero attached hydrogens (tertiary/aromatic N) is 1. The van der Waals surface area contributed by atoms with Crippen molar-refractivity contribution >= 4 is 13.3 Å². The highest BCUT2D eigenvalue weighted by Crippen LogP contribution is 2.25. The van der Waals surface area contributed by atoms with Crippen molar-refractivity contribution in [1.82, 2.24) is 4.98 Å². The number of benzene rings is 1. The maximum Gasteiger partial charge on any atom is 0.113 e. The second-order valence-electron chi connectivity index (χ2n) is 3.96. The molecule has 2 rings (SSSR count). The number of hydrogen-bond donors (Lipinski definition) is 0. The molecule has 2 aromatic rings. The maximum absolute atomic E-state index is 5.76. The van der Waals surface area contributed by atoms with Gasteiger partial charge in [0, 0.05) is 18.0 Å². The Bertz CT molecular complexity index is 506. The first-order valence-electron chi connectivity index (χ1n) is 5.51. The molecule has 0 amide bonds. The molecule has 0 N–H and O–H groups in total. The Kier molecular flexibility index (Phi) is 3.09. The average Bonchev–Trinajstić information content (AvgIpc) is 2.29. The Morgan fingerprint density at radius 3 is 2.69 bits per heavy atom. The Labute approximate surface area is 98.0 Å². The van der Waals surface area contributed by atoms with E-state index in [1.165, 1.54) is 22.3 Å². The zero-order valence-electron chi connectivity index (χ0n) is 9.70. The van der Waals surface area contributed by atoms with Crippen LogP contribution in [0.25, 0.3) is 11.1 Å². The molecule has 0 unspecified atom stereocenters. The maximum atomic E-state index is 5.76. The summed E-state index contributed by atoms with van der Waals surface area (Å²) in [5.74, 6) is 0.